The standard InChI is InChI=1S/C12H20N2O4/c1-7(2)6-9(15)11(16)14-10(12(17)18)8(3)4-5-13/h7-10,15H,4,6H2,1-3H3,(H,14,16)(H,17,18)/t8-,9-,10+/m1/s1. The van der Waals surface area contributed by atoms with Gasteiger partial charge in [0.1, 0.15) is 12.1 Å². The van der Waals surface area contributed by atoms with Gasteiger partial charge in [-0.15, -0.1) is 0 Å². The molecule has 102 valence electrons. The Kier molecular flexibility index (Phi) is 6.98. The summed E-state index contributed by atoms with van der Waals surface area (Å²) >= 11 is 0. The van der Waals surface area contributed by atoms with Crippen molar-refractivity contribution in [3.05, 3.63) is 0 Å². The quantitative estimate of drug-likeness (QED) is 0.614. The van der Waals surface area contributed by atoms with Gasteiger partial charge in [-0.2, -0.15) is 5.26 Å². The molecule has 0 saturated heterocycles. The highest BCUT2D eigenvalue weighted by atomic mass is 16.4. The molecule has 0 bridgehead atoms. The number of carbonyl (C=O) groups excluding carboxylic acids is 1. The Hall–Kier alpha value is -1.61. The van der Waals surface area contributed by atoms with E-state index in [0.29, 0.717) is 0 Å². The van der Waals surface area contributed by atoms with Gasteiger partial charge >= 0.3 is 5.97 Å². The largest absolute Gasteiger partial charge is 0.480 e. The lowest BCUT2D eigenvalue weighted by atomic mass is 9.98. The summed E-state index contributed by atoms with van der Waals surface area (Å²) in [5.41, 5.74) is 0. The molecule has 0 saturated carbocycles. The molecule has 0 rings (SSSR count). The van der Waals surface area contributed by atoms with Crippen LogP contribution < -0.4 is 5.32 Å². The SMILES string of the molecule is CC(C)C[C@@H](O)C(=O)N[C@H](C(=O)O)[C@H](C)CC#N. The Labute approximate surface area is 107 Å². The number of aliphatic hydroxyl groups excluding tert-OH is 1. The number of carbonyl (C=O) groups is 2. The number of carboxylic acids is 1. The van der Waals surface area contributed by atoms with E-state index < -0.39 is 29.9 Å². The molecular weight excluding hydrogens is 236 g/mol. The zero-order valence-electron chi connectivity index (χ0n) is 10.9. The predicted molar refractivity (Wildman–Crippen MR) is 64.4 cm³/mol. The number of nitrogens with one attached hydrogen (secondary N) is 1. The average molecular weight is 256 g/mol. The summed E-state index contributed by atoms with van der Waals surface area (Å²) in [5, 5.41) is 29.3. The van der Waals surface area contributed by atoms with E-state index in [-0.39, 0.29) is 18.8 Å². The van der Waals surface area contributed by atoms with Gasteiger partial charge in [-0.25, -0.2) is 4.79 Å². The first kappa shape index (κ1) is 16.4. The molecule has 1 amide bonds. The summed E-state index contributed by atoms with van der Waals surface area (Å²) in [5.74, 6) is -2.29. The van der Waals surface area contributed by atoms with Crippen molar-refractivity contribution in [2.45, 2.75) is 45.8 Å². The summed E-state index contributed by atoms with van der Waals surface area (Å²) in [4.78, 5) is 22.6. The van der Waals surface area contributed by atoms with Gasteiger partial charge < -0.3 is 15.5 Å². The van der Waals surface area contributed by atoms with Crippen LogP contribution >= 0.6 is 0 Å². The Balaban J connectivity index is 4.55. The molecule has 0 aliphatic heterocycles. The molecule has 0 spiro atoms. The Morgan fingerprint density at radius 2 is 1.89 bits per heavy atom. The molecule has 6 nitrogen and oxygen atoms in total. The molecule has 0 aliphatic carbocycles. The maximum absolute atomic E-state index is 11.6. The molecule has 0 unspecified atom stereocenters. The first-order chi connectivity index (χ1) is 8.29. The molecular formula is C12H20N2O4. The van der Waals surface area contributed by atoms with Crippen LogP contribution in [0.2, 0.25) is 0 Å². The first-order valence-electron chi connectivity index (χ1n) is 5.87. The van der Waals surface area contributed by atoms with Crippen LogP contribution in [0.1, 0.15) is 33.6 Å². The molecule has 3 atom stereocenters. The van der Waals surface area contributed by atoms with Gasteiger partial charge in [0.25, 0.3) is 0 Å². The number of carboxylic acid groups (broad SMARTS) is 1. The van der Waals surface area contributed by atoms with E-state index >= 15 is 0 Å². The smallest absolute Gasteiger partial charge is 0.326 e. The Bertz CT molecular complexity index is 335. The minimum atomic E-state index is -1.22. The molecule has 0 aromatic heterocycles. The van der Waals surface area contributed by atoms with Crippen LogP contribution in [0.4, 0.5) is 0 Å². The predicted octanol–water partition coefficient (Wildman–Crippen LogP) is 0.513. The summed E-state index contributed by atoms with van der Waals surface area (Å²) in [6.45, 7) is 5.27. The monoisotopic (exact) mass is 256 g/mol. The minimum Gasteiger partial charge on any atom is -0.480 e. The summed E-state index contributed by atoms with van der Waals surface area (Å²) in [6.07, 6.45) is -0.927. The van der Waals surface area contributed by atoms with Crippen molar-refractivity contribution in [3.63, 3.8) is 0 Å². The minimum absolute atomic E-state index is 0.0253. The van der Waals surface area contributed by atoms with Gasteiger partial charge in [0.05, 0.1) is 6.07 Å². The summed E-state index contributed by atoms with van der Waals surface area (Å²) in [7, 11) is 0. The third kappa shape index (κ3) is 5.64. The normalized spacial score (nSPS) is 15.6. The Morgan fingerprint density at radius 3 is 2.28 bits per heavy atom. The highest BCUT2D eigenvalue weighted by Crippen LogP contribution is 2.10. The number of nitrogens with zero attached hydrogens (tertiary/aromatic N) is 1. The van der Waals surface area contributed by atoms with Crippen LogP contribution in [0, 0.1) is 23.2 Å². The maximum Gasteiger partial charge on any atom is 0.326 e. The van der Waals surface area contributed by atoms with Crippen molar-refractivity contribution in [2.24, 2.45) is 11.8 Å². The van der Waals surface area contributed by atoms with Crippen molar-refractivity contribution >= 4 is 11.9 Å². The van der Waals surface area contributed by atoms with E-state index in [0.717, 1.165) is 0 Å². The second-order valence-electron chi connectivity index (χ2n) is 4.81. The molecule has 0 aromatic carbocycles. The number of hydrogen-bond acceptors (Lipinski definition) is 4. The molecule has 0 heterocycles. The van der Waals surface area contributed by atoms with E-state index in [1.807, 2.05) is 19.9 Å². The van der Waals surface area contributed by atoms with Crippen LogP contribution in [-0.4, -0.2) is 34.2 Å². The summed E-state index contributed by atoms with van der Waals surface area (Å²) in [6, 6.07) is 0.707. The van der Waals surface area contributed by atoms with Crippen molar-refractivity contribution in [2.75, 3.05) is 0 Å². The lowest BCUT2D eigenvalue weighted by Gasteiger charge is -2.21. The molecule has 0 fully saturated rings. The van der Waals surface area contributed by atoms with Gasteiger partial charge in [-0.1, -0.05) is 20.8 Å². The summed E-state index contributed by atoms with van der Waals surface area (Å²) < 4.78 is 0. The fourth-order valence-corrected chi connectivity index (χ4v) is 1.51. The fourth-order valence-electron chi connectivity index (χ4n) is 1.51. The van der Waals surface area contributed by atoms with Crippen LogP contribution in [0.15, 0.2) is 0 Å². The fraction of sp³-hybridized carbons (Fsp3) is 0.750. The van der Waals surface area contributed by atoms with E-state index in [1.165, 1.54) is 0 Å². The number of nitriles is 1. The molecule has 0 aliphatic rings. The van der Waals surface area contributed by atoms with Gasteiger partial charge in [-0.3, -0.25) is 4.79 Å². The highest BCUT2D eigenvalue weighted by Gasteiger charge is 2.28. The van der Waals surface area contributed by atoms with Gasteiger partial charge in [0, 0.05) is 12.3 Å². The Morgan fingerprint density at radius 1 is 1.33 bits per heavy atom. The zero-order valence-corrected chi connectivity index (χ0v) is 10.9. The topological polar surface area (TPSA) is 110 Å². The zero-order chi connectivity index (χ0) is 14.3. The number of rotatable bonds is 7. The third-order valence-corrected chi connectivity index (χ3v) is 2.54. The van der Waals surface area contributed by atoms with Gasteiger partial charge in [-0.05, 0) is 12.3 Å². The van der Waals surface area contributed by atoms with Crippen LogP contribution in [0.5, 0.6) is 0 Å². The number of hydrogen-bond donors (Lipinski definition) is 3. The molecule has 18 heavy (non-hydrogen) atoms. The average Bonchev–Trinajstić information content (AvgIpc) is 2.24. The molecule has 3 N–H and O–H groups in total. The second-order valence-corrected chi connectivity index (χ2v) is 4.81. The molecule has 0 aromatic rings. The van der Waals surface area contributed by atoms with Gasteiger partial charge in [0.2, 0.25) is 5.91 Å². The van der Waals surface area contributed by atoms with Crippen molar-refractivity contribution in [1.29, 1.82) is 5.26 Å². The van der Waals surface area contributed by atoms with E-state index in [9.17, 15) is 14.7 Å². The lowest BCUT2D eigenvalue weighted by molar-refractivity contribution is -0.145. The van der Waals surface area contributed by atoms with E-state index in [2.05, 4.69) is 5.32 Å². The maximum atomic E-state index is 11.6. The molecule has 6 heteroatoms. The van der Waals surface area contributed by atoms with E-state index in [4.69, 9.17) is 10.4 Å². The highest BCUT2D eigenvalue weighted by molar-refractivity contribution is 5.86. The van der Waals surface area contributed by atoms with Crippen LogP contribution in [0.25, 0.3) is 0 Å². The number of amides is 1. The third-order valence-electron chi connectivity index (χ3n) is 2.54. The van der Waals surface area contributed by atoms with Gasteiger partial charge in [0.15, 0.2) is 0 Å². The number of aliphatic hydroxyl groups is 1. The van der Waals surface area contributed by atoms with Crippen LogP contribution in [0.3, 0.4) is 0 Å². The van der Waals surface area contributed by atoms with Crippen molar-refractivity contribution < 1.29 is 19.8 Å². The number of aliphatic carboxylic acids is 1. The molecule has 0 radical (unpaired) electrons. The van der Waals surface area contributed by atoms with Crippen molar-refractivity contribution in [3.8, 4) is 6.07 Å². The van der Waals surface area contributed by atoms with Crippen LogP contribution in [-0.2, 0) is 9.59 Å². The first-order valence-corrected chi connectivity index (χ1v) is 5.87. The lowest BCUT2D eigenvalue weighted by Crippen LogP contribution is -2.49. The van der Waals surface area contributed by atoms with E-state index in [1.54, 1.807) is 6.92 Å². The van der Waals surface area contributed by atoms with Crippen molar-refractivity contribution in [1.82, 2.24) is 5.32 Å². The second kappa shape index (κ2) is 7.67.